The van der Waals surface area contributed by atoms with Gasteiger partial charge in [0.1, 0.15) is 5.82 Å². The molecule has 0 aliphatic carbocycles. The molecule has 1 aromatic carbocycles. The molecule has 0 heterocycles. The van der Waals surface area contributed by atoms with Crippen LogP contribution in [0.2, 0.25) is 0 Å². The first-order valence-corrected chi connectivity index (χ1v) is 4.09. The molecule has 1 N–H and O–H groups in total. The SMILES string of the molecule is COC(=O)c1cc(C(=O)O)c(F)cc1C. The summed E-state index contributed by atoms with van der Waals surface area (Å²) in [7, 11) is 1.17. The molecule has 0 unspecified atom stereocenters. The lowest BCUT2D eigenvalue weighted by molar-refractivity contribution is 0.0600. The van der Waals surface area contributed by atoms with Gasteiger partial charge in [0.05, 0.1) is 18.2 Å². The van der Waals surface area contributed by atoms with Crippen molar-refractivity contribution in [2.24, 2.45) is 0 Å². The van der Waals surface area contributed by atoms with E-state index < -0.39 is 23.3 Å². The normalized spacial score (nSPS) is 9.80. The molecule has 80 valence electrons. The minimum atomic E-state index is -1.42. The molecule has 15 heavy (non-hydrogen) atoms. The number of aryl methyl sites for hydroxylation is 1. The number of aromatic carboxylic acids is 1. The molecule has 1 aromatic rings. The number of rotatable bonds is 2. The van der Waals surface area contributed by atoms with E-state index in [1.54, 1.807) is 0 Å². The number of ether oxygens (including phenoxy) is 1. The molecule has 0 saturated heterocycles. The van der Waals surface area contributed by atoms with Gasteiger partial charge in [0, 0.05) is 0 Å². The van der Waals surface area contributed by atoms with Gasteiger partial charge in [-0.05, 0) is 24.6 Å². The molecule has 0 fully saturated rings. The predicted molar refractivity (Wildman–Crippen MR) is 49.4 cm³/mol. The zero-order valence-electron chi connectivity index (χ0n) is 8.20. The van der Waals surface area contributed by atoms with E-state index in [-0.39, 0.29) is 5.56 Å². The van der Waals surface area contributed by atoms with Crippen molar-refractivity contribution in [1.82, 2.24) is 0 Å². The van der Waals surface area contributed by atoms with E-state index in [2.05, 4.69) is 4.74 Å². The van der Waals surface area contributed by atoms with Crippen molar-refractivity contribution < 1.29 is 23.8 Å². The fourth-order valence-corrected chi connectivity index (χ4v) is 1.17. The van der Waals surface area contributed by atoms with E-state index in [1.165, 1.54) is 14.0 Å². The number of hydrogen-bond donors (Lipinski definition) is 1. The topological polar surface area (TPSA) is 63.6 Å². The maximum Gasteiger partial charge on any atom is 0.338 e. The average Bonchev–Trinajstić information content (AvgIpc) is 2.16. The van der Waals surface area contributed by atoms with Crippen LogP contribution in [0.5, 0.6) is 0 Å². The lowest BCUT2D eigenvalue weighted by Gasteiger charge is -2.05. The van der Waals surface area contributed by atoms with Gasteiger partial charge in [-0.15, -0.1) is 0 Å². The van der Waals surface area contributed by atoms with Gasteiger partial charge in [-0.2, -0.15) is 0 Å². The Morgan fingerprint density at radius 2 is 1.93 bits per heavy atom. The van der Waals surface area contributed by atoms with Crippen LogP contribution in [0.1, 0.15) is 26.3 Å². The molecule has 4 nitrogen and oxygen atoms in total. The molecule has 0 spiro atoms. The van der Waals surface area contributed by atoms with Crippen molar-refractivity contribution >= 4 is 11.9 Å². The molecule has 0 aromatic heterocycles. The molecule has 0 radical (unpaired) electrons. The zero-order valence-corrected chi connectivity index (χ0v) is 8.20. The average molecular weight is 212 g/mol. The van der Waals surface area contributed by atoms with Gasteiger partial charge in [0.15, 0.2) is 0 Å². The lowest BCUT2D eigenvalue weighted by atomic mass is 10.0. The zero-order chi connectivity index (χ0) is 11.6. The maximum absolute atomic E-state index is 13.1. The summed E-state index contributed by atoms with van der Waals surface area (Å²) in [5.74, 6) is -2.97. The van der Waals surface area contributed by atoms with Crippen LogP contribution >= 0.6 is 0 Å². The van der Waals surface area contributed by atoms with Gasteiger partial charge in [-0.1, -0.05) is 0 Å². The van der Waals surface area contributed by atoms with Crippen LogP contribution in [0, 0.1) is 12.7 Å². The molecular weight excluding hydrogens is 203 g/mol. The van der Waals surface area contributed by atoms with E-state index in [4.69, 9.17) is 5.11 Å². The van der Waals surface area contributed by atoms with Crippen molar-refractivity contribution in [1.29, 1.82) is 0 Å². The molecule has 0 amide bonds. The van der Waals surface area contributed by atoms with Gasteiger partial charge >= 0.3 is 11.9 Å². The van der Waals surface area contributed by atoms with Crippen LogP contribution in [0.3, 0.4) is 0 Å². The van der Waals surface area contributed by atoms with Crippen molar-refractivity contribution in [2.75, 3.05) is 7.11 Å². The summed E-state index contributed by atoms with van der Waals surface area (Å²) < 4.78 is 17.6. The number of esters is 1. The molecule has 0 atom stereocenters. The van der Waals surface area contributed by atoms with Crippen LogP contribution in [0.15, 0.2) is 12.1 Å². The summed E-state index contributed by atoms with van der Waals surface area (Å²) in [6.07, 6.45) is 0. The number of carboxylic acid groups (broad SMARTS) is 1. The quantitative estimate of drug-likeness (QED) is 0.756. The van der Waals surface area contributed by atoms with E-state index in [0.29, 0.717) is 5.56 Å². The van der Waals surface area contributed by atoms with Crippen LogP contribution in [-0.2, 0) is 4.74 Å². The van der Waals surface area contributed by atoms with E-state index in [1.807, 2.05) is 0 Å². The van der Waals surface area contributed by atoms with Gasteiger partial charge in [-0.25, -0.2) is 14.0 Å². The van der Waals surface area contributed by atoms with Crippen LogP contribution in [-0.4, -0.2) is 24.2 Å². The highest BCUT2D eigenvalue weighted by molar-refractivity contribution is 5.95. The van der Waals surface area contributed by atoms with Gasteiger partial charge < -0.3 is 9.84 Å². The predicted octanol–water partition coefficient (Wildman–Crippen LogP) is 1.62. The Bertz CT molecular complexity index is 426. The minimum absolute atomic E-state index is 0.0521. The van der Waals surface area contributed by atoms with Gasteiger partial charge in [-0.3, -0.25) is 0 Å². The minimum Gasteiger partial charge on any atom is -0.478 e. The van der Waals surface area contributed by atoms with Gasteiger partial charge in [0.2, 0.25) is 0 Å². The van der Waals surface area contributed by atoms with E-state index >= 15 is 0 Å². The third-order valence-electron chi connectivity index (χ3n) is 1.95. The summed E-state index contributed by atoms with van der Waals surface area (Å²) in [6.45, 7) is 1.50. The Morgan fingerprint density at radius 1 is 1.33 bits per heavy atom. The lowest BCUT2D eigenvalue weighted by Crippen LogP contribution is -2.09. The van der Waals surface area contributed by atoms with Crippen molar-refractivity contribution in [2.45, 2.75) is 6.92 Å². The molecule has 0 bridgehead atoms. The largest absolute Gasteiger partial charge is 0.478 e. The standard InChI is InChI=1S/C10H9FO4/c1-5-3-8(11)7(9(12)13)4-6(5)10(14)15-2/h3-4H,1-2H3,(H,12,13). The first-order chi connectivity index (χ1) is 6.97. The van der Waals surface area contributed by atoms with Crippen molar-refractivity contribution in [3.05, 3.63) is 34.6 Å². The fourth-order valence-electron chi connectivity index (χ4n) is 1.17. The number of benzene rings is 1. The van der Waals surface area contributed by atoms with E-state index in [0.717, 1.165) is 12.1 Å². The highest BCUT2D eigenvalue weighted by atomic mass is 19.1. The maximum atomic E-state index is 13.1. The summed E-state index contributed by atoms with van der Waals surface area (Å²) in [6, 6.07) is 1.97. The Morgan fingerprint density at radius 3 is 2.40 bits per heavy atom. The van der Waals surface area contributed by atoms with Crippen LogP contribution < -0.4 is 0 Å². The fraction of sp³-hybridized carbons (Fsp3) is 0.200. The van der Waals surface area contributed by atoms with Crippen LogP contribution in [0.25, 0.3) is 0 Å². The molecule has 0 aliphatic rings. The van der Waals surface area contributed by atoms with Crippen LogP contribution in [0.4, 0.5) is 4.39 Å². The second-order valence-electron chi connectivity index (χ2n) is 2.94. The van der Waals surface area contributed by atoms with Crippen molar-refractivity contribution in [3.63, 3.8) is 0 Å². The summed E-state index contributed by atoms with van der Waals surface area (Å²) >= 11 is 0. The third-order valence-corrected chi connectivity index (χ3v) is 1.95. The number of hydrogen-bond acceptors (Lipinski definition) is 3. The number of methoxy groups -OCH3 is 1. The second kappa shape index (κ2) is 4.08. The number of carbonyl (C=O) groups excluding carboxylic acids is 1. The first kappa shape index (κ1) is 11.2. The Balaban J connectivity index is 3.36. The number of carboxylic acids is 1. The summed E-state index contributed by atoms with van der Waals surface area (Å²) in [5.41, 5.74) is -0.151. The Hall–Kier alpha value is -1.91. The highest BCUT2D eigenvalue weighted by Gasteiger charge is 2.17. The second-order valence-corrected chi connectivity index (χ2v) is 2.94. The summed E-state index contributed by atoms with van der Waals surface area (Å²) in [4.78, 5) is 21.8. The van der Waals surface area contributed by atoms with Gasteiger partial charge in [0.25, 0.3) is 0 Å². The molecule has 0 aliphatic heterocycles. The first-order valence-electron chi connectivity index (χ1n) is 4.09. The number of halogens is 1. The monoisotopic (exact) mass is 212 g/mol. The molecule has 1 rings (SSSR count). The van der Waals surface area contributed by atoms with E-state index in [9.17, 15) is 14.0 Å². The Kier molecular flexibility index (Phi) is 3.04. The highest BCUT2D eigenvalue weighted by Crippen LogP contribution is 2.16. The Labute approximate surface area is 85.3 Å². The molecule has 0 saturated carbocycles. The smallest absolute Gasteiger partial charge is 0.338 e. The summed E-state index contributed by atoms with van der Waals surface area (Å²) in [5, 5.41) is 8.64. The molecule has 5 heteroatoms. The number of carbonyl (C=O) groups is 2. The van der Waals surface area contributed by atoms with Crippen molar-refractivity contribution in [3.8, 4) is 0 Å². The third kappa shape index (κ3) is 2.12. The molecular formula is C10H9FO4.